The molecule has 0 radical (unpaired) electrons. The zero-order chi connectivity index (χ0) is 20.5. The van der Waals surface area contributed by atoms with Crippen LogP contribution in [-0.2, 0) is 0 Å². The highest BCUT2D eigenvalue weighted by molar-refractivity contribution is 6.03. The lowest BCUT2D eigenvalue weighted by Gasteiger charge is -2.44. The summed E-state index contributed by atoms with van der Waals surface area (Å²) in [6.45, 7) is 0. The molecule has 3 nitrogen and oxygen atoms in total. The van der Waals surface area contributed by atoms with E-state index in [1.54, 1.807) is 0 Å². The van der Waals surface area contributed by atoms with Gasteiger partial charge in [-0.05, 0) is 41.0 Å². The highest BCUT2D eigenvalue weighted by atomic mass is 16.2. The van der Waals surface area contributed by atoms with E-state index in [0.717, 1.165) is 28.1 Å². The van der Waals surface area contributed by atoms with Gasteiger partial charge in [-0.3, -0.25) is 4.79 Å². The summed E-state index contributed by atoms with van der Waals surface area (Å²) in [6.07, 6.45) is -0.223. The molecule has 1 unspecified atom stereocenters. The third-order valence-electron chi connectivity index (χ3n) is 5.68. The SMILES string of the molecule is CN1C(=O)c2ccccc2N(c2ccccc2)C1c1ccc(-c2ccccc2)cc1. The van der Waals surface area contributed by atoms with Crippen molar-refractivity contribution in [3.63, 3.8) is 0 Å². The Bertz CT molecular complexity index is 1170. The normalized spacial score (nSPS) is 15.8. The predicted octanol–water partition coefficient (Wildman–Crippen LogP) is 6.28. The van der Waals surface area contributed by atoms with Gasteiger partial charge in [0.1, 0.15) is 6.17 Å². The van der Waals surface area contributed by atoms with Gasteiger partial charge in [0.25, 0.3) is 5.91 Å². The Morgan fingerprint density at radius 3 is 1.90 bits per heavy atom. The van der Waals surface area contributed by atoms with Gasteiger partial charge in [0.05, 0.1) is 11.3 Å². The molecule has 1 heterocycles. The largest absolute Gasteiger partial charge is 0.317 e. The quantitative estimate of drug-likeness (QED) is 0.411. The van der Waals surface area contributed by atoms with E-state index in [0.29, 0.717) is 0 Å². The molecule has 1 amide bonds. The van der Waals surface area contributed by atoms with Crippen molar-refractivity contribution in [2.75, 3.05) is 11.9 Å². The molecule has 1 aliphatic heterocycles. The summed E-state index contributed by atoms with van der Waals surface area (Å²) in [5, 5.41) is 0. The van der Waals surface area contributed by atoms with Gasteiger partial charge in [0.15, 0.2) is 0 Å². The lowest BCUT2D eigenvalue weighted by molar-refractivity contribution is 0.0716. The van der Waals surface area contributed by atoms with Gasteiger partial charge < -0.3 is 9.80 Å². The van der Waals surface area contributed by atoms with Crippen molar-refractivity contribution in [2.24, 2.45) is 0 Å². The molecular formula is C27H22N2O. The fourth-order valence-corrected chi connectivity index (χ4v) is 4.19. The molecule has 146 valence electrons. The Kier molecular flexibility index (Phi) is 4.56. The fourth-order valence-electron chi connectivity index (χ4n) is 4.19. The number of hydrogen-bond donors (Lipinski definition) is 0. The first-order valence-electron chi connectivity index (χ1n) is 10.1. The zero-order valence-corrected chi connectivity index (χ0v) is 16.8. The molecule has 30 heavy (non-hydrogen) atoms. The summed E-state index contributed by atoms with van der Waals surface area (Å²) < 4.78 is 0. The first-order valence-corrected chi connectivity index (χ1v) is 10.1. The zero-order valence-electron chi connectivity index (χ0n) is 16.8. The maximum atomic E-state index is 13.2. The van der Waals surface area contributed by atoms with E-state index in [2.05, 4.69) is 53.4 Å². The number of para-hydroxylation sites is 2. The van der Waals surface area contributed by atoms with E-state index in [4.69, 9.17) is 0 Å². The smallest absolute Gasteiger partial charge is 0.257 e. The van der Waals surface area contributed by atoms with Crippen LogP contribution in [0.15, 0.2) is 109 Å². The topological polar surface area (TPSA) is 23.6 Å². The summed E-state index contributed by atoms with van der Waals surface area (Å²) in [7, 11) is 1.88. The van der Waals surface area contributed by atoms with E-state index >= 15 is 0 Å². The standard InChI is InChI=1S/C27H22N2O/c1-28-26(22-18-16-21(17-19-22)20-10-4-2-5-11-20)29(23-12-6-3-7-13-23)25-15-9-8-14-24(25)27(28)30/h2-19,26H,1H3. The van der Waals surface area contributed by atoms with Gasteiger partial charge in [-0.1, -0.05) is 84.9 Å². The van der Waals surface area contributed by atoms with Crippen LogP contribution in [0.1, 0.15) is 22.1 Å². The predicted molar refractivity (Wildman–Crippen MR) is 122 cm³/mol. The van der Waals surface area contributed by atoms with Gasteiger partial charge in [-0.25, -0.2) is 0 Å². The minimum Gasteiger partial charge on any atom is -0.317 e. The Balaban J connectivity index is 1.63. The van der Waals surface area contributed by atoms with E-state index in [1.807, 2.05) is 72.6 Å². The minimum atomic E-state index is -0.223. The molecule has 0 aliphatic carbocycles. The van der Waals surface area contributed by atoms with Crippen molar-refractivity contribution in [3.8, 4) is 11.1 Å². The van der Waals surface area contributed by atoms with Gasteiger partial charge in [-0.2, -0.15) is 0 Å². The molecule has 5 rings (SSSR count). The second-order valence-electron chi connectivity index (χ2n) is 7.50. The van der Waals surface area contributed by atoms with Crippen molar-refractivity contribution in [1.82, 2.24) is 4.90 Å². The fraction of sp³-hybridized carbons (Fsp3) is 0.0741. The number of hydrogen-bond acceptors (Lipinski definition) is 2. The van der Waals surface area contributed by atoms with Crippen LogP contribution in [-0.4, -0.2) is 17.9 Å². The Morgan fingerprint density at radius 2 is 1.20 bits per heavy atom. The second kappa shape index (κ2) is 7.53. The summed E-state index contributed by atoms with van der Waals surface area (Å²) in [5.74, 6) is 0.0370. The molecule has 0 aromatic heterocycles. The number of anilines is 2. The molecule has 3 heteroatoms. The third kappa shape index (κ3) is 3.05. The molecule has 0 bridgehead atoms. The van der Waals surface area contributed by atoms with Crippen LogP contribution in [0.5, 0.6) is 0 Å². The summed E-state index contributed by atoms with van der Waals surface area (Å²) >= 11 is 0. The van der Waals surface area contributed by atoms with Crippen molar-refractivity contribution < 1.29 is 4.79 Å². The van der Waals surface area contributed by atoms with Crippen LogP contribution in [0, 0.1) is 0 Å². The first kappa shape index (κ1) is 18.2. The van der Waals surface area contributed by atoms with Crippen LogP contribution >= 0.6 is 0 Å². The van der Waals surface area contributed by atoms with Crippen LogP contribution in [0.4, 0.5) is 11.4 Å². The minimum absolute atomic E-state index is 0.0370. The highest BCUT2D eigenvalue weighted by Gasteiger charge is 2.37. The van der Waals surface area contributed by atoms with Crippen LogP contribution in [0.25, 0.3) is 11.1 Å². The number of carbonyl (C=O) groups is 1. The Morgan fingerprint density at radius 1 is 0.633 bits per heavy atom. The monoisotopic (exact) mass is 390 g/mol. The molecule has 0 spiro atoms. The molecule has 0 saturated heterocycles. The second-order valence-corrected chi connectivity index (χ2v) is 7.50. The molecule has 0 saturated carbocycles. The van der Waals surface area contributed by atoms with Crippen molar-refractivity contribution >= 4 is 17.3 Å². The van der Waals surface area contributed by atoms with Crippen LogP contribution < -0.4 is 4.90 Å². The Hall–Kier alpha value is -3.85. The average Bonchev–Trinajstić information content (AvgIpc) is 2.82. The van der Waals surface area contributed by atoms with E-state index < -0.39 is 0 Å². The molecule has 1 atom stereocenters. The number of fused-ring (bicyclic) bond motifs is 1. The van der Waals surface area contributed by atoms with E-state index in [-0.39, 0.29) is 12.1 Å². The number of carbonyl (C=O) groups excluding carboxylic acids is 1. The lowest BCUT2D eigenvalue weighted by atomic mass is 9.98. The van der Waals surface area contributed by atoms with Crippen molar-refractivity contribution in [1.29, 1.82) is 0 Å². The molecule has 1 aliphatic rings. The number of nitrogens with zero attached hydrogens (tertiary/aromatic N) is 2. The van der Waals surface area contributed by atoms with E-state index in [1.165, 1.54) is 5.56 Å². The Labute approximate surface area is 176 Å². The molecular weight excluding hydrogens is 368 g/mol. The molecule has 0 fully saturated rings. The molecule has 4 aromatic rings. The highest BCUT2D eigenvalue weighted by Crippen LogP contribution is 2.43. The van der Waals surface area contributed by atoms with Gasteiger partial charge in [-0.15, -0.1) is 0 Å². The third-order valence-corrected chi connectivity index (χ3v) is 5.68. The number of rotatable bonds is 3. The summed E-state index contributed by atoms with van der Waals surface area (Å²) in [4.78, 5) is 17.2. The number of amides is 1. The summed E-state index contributed by atoms with van der Waals surface area (Å²) in [6, 6.07) is 36.9. The molecule has 0 N–H and O–H groups in total. The van der Waals surface area contributed by atoms with Crippen LogP contribution in [0.3, 0.4) is 0 Å². The molecule has 4 aromatic carbocycles. The van der Waals surface area contributed by atoms with Gasteiger partial charge >= 0.3 is 0 Å². The van der Waals surface area contributed by atoms with Crippen LogP contribution in [0.2, 0.25) is 0 Å². The maximum absolute atomic E-state index is 13.2. The summed E-state index contributed by atoms with van der Waals surface area (Å²) in [5.41, 5.74) is 6.13. The van der Waals surface area contributed by atoms with Crippen molar-refractivity contribution in [2.45, 2.75) is 6.17 Å². The number of benzene rings is 4. The average molecular weight is 390 g/mol. The van der Waals surface area contributed by atoms with E-state index in [9.17, 15) is 4.79 Å². The van der Waals surface area contributed by atoms with Gasteiger partial charge in [0.2, 0.25) is 0 Å². The first-order chi connectivity index (χ1) is 14.7. The lowest BCUT2D eigenvalue weighted by Crippen LogP contribution is -2.45. The van der Waals surface area contributed by atoms with Gasteiger partial charge in [0, 0.05) is 12.7 Å². The van der Waals surface area contributed by atoms with Crippen molar-refractivity contribution in [3.05, 3.63) is 120 Å². The maximum Gasteiger partial charge on any atom is 0.257 e.